The van der Waals surface area contributed by atoms with Crippen molar-refractivity contribution in [3.63, 3.8) is 0 Å². The van der Waals surface area contributed by atoms with Gasteiger partial charge in [-0.2, -0.15) is 17.5 Å². The van der Waals surface area contributed by atoms with E-state index in [1.54, 1.807) is 0 Å². The zero-order chi connectivity index (χ0) is 18.8. The highest BCUT2D eigenvalue weighted by molar-refractivity contribution is 7.90. The zero-order valence-electron chi connectivity index (χ0n) is 12.8. The summed E-state index contributed by atoms with van der Waals surface area (Å²) >= 11 is 5.94. The smallest absolute Gasteiger partial charge is 0.384 e. The van der Waals surface area contributed by atoms with Gasteiger partial charge in [-0.25, -0.2) is 8.42 Å². The maximum Gasteiger partial charge on any atom is 0.511 e. The molecular weight excluding hydrogens is 387 g/mol. The summed E-state index contributed by atoms with van der Waals surface area (Å²) in [5.74, 6) is -0.0362. The van der Waals surface area contributed by atoms with Crippen LogP contribution < -0.4 is 5.32 Å². The van der Waals surface area contributed by atoms with Gasteiger partial charge >= 0.3 is 15.5 Å². The Bertz CT molecular complexity index is 749. The number of nitrogens with zero attached hydrogens (tertiary/aromatic N) is 2. The first-order valence-electron chi connectivity index (χ1n) is 7.26. The standard InChI is InChI=1S/C13H15ClF3N3O4S/c14-11-7-10(20(21)22)1-2-12(11)18-8-9-3-5-19(6-4-9)25(23,24)13(15,16)17/h1-2,7,9,18H,3-6,8H2. The van der Waals surface area contributed by atoms with Crippen LogP contribution in [0.5, 0.6) is 0 Å². The van der Waals surface area contributed by atoms with E-state index in [2.05, 4.69) is 5.32 Å². The zero-order valence-corrected chi connectivity index (χ0v) is 14.4. The summed E-state index contributed by atoms with van der Waals surface area (Å²) in [6, 6.07) is 3.93. The molecule has 0 aliphatic carbocycles. The average Bonchev–Trinajstić information content (AvgIpc) is 2.53. The van der Waals surface area contributed by atoms with E-state index in [4.69, 9.17) is 11.6 Å². The van der Waals surface area contributed by atoms with Crippen LogP contribution in [0.25, 0.3) is 0 Å². The van der Waals surface area contributed by atoms with E-state index in [-0.39, 0.29) is 42.6 Å². The summed E-state index contributed by atoms with van der Waals surface area (Å²) in [6.07, 6.45) is 0.541. The van der Waals surface area contributed by atoms with Crippen molar-refractivity contribution in [2.24, 2.45) is 5.92 Å². The maximum absolute atomic E-state index is 12.5. The molecular formula is C13H15ClF3N3O4S. The molecule has 25 heavy (non-hydrogen) atoms. The van der Waals surface area contributed by atoms with Gasteiger partial charge in [0.1, 0.15) is 0 Å². The van der Waals surface area contributed by atoms with E-state index in [9.17, 15) is 31.7 Å². The minimum absolute atomic E-state index is 0.0362. The molecule has 1 aliphatic heterocycles. The van der Waals surface area contributed by atoms with Crippen molar-refractivity contribution in [1.82, 2.24) is 4.31 Å². The second-order valence-electron chi connectivity index (χ2n) is 5.60. The molecule has 1 aromatic rings. The molecule has 0 aromatic heterocycles. The van der Waals surface area contributed by atoms with Crippen LogP contribution in [-0.2, 0) is 10.0 Å². The Hall–Kier alpha value is -1.59. The molecule has 0 spiro atoms. The van der Waals surface area contributed by atoms with E-state index >= 15 is 0 Å². The highest BCUT2D eigenvalue weighted by Gasteiger charge is 2.50. The first kappa shape index (κ1) is 19.7. The molecule has 0 atom stereocenters. The second kappa shape index (κ2) is 7.34. The molecule has 0 unspecified atom stereocenters. The van der Waals surface area contributed by atoms with Crippen LogP contribution in [0.1, 0.15) is 12.8 Å². The summed E-state index contributed by atoms with van der Waals surface area (Å²) in [7, 11) is -5.28. The summed E-state index contributed by atoms with van der Waals surface area (Å²) in [4.78, 5) is 10.1. The SMILES string of the molecule is O=[N+]([O-])c1ccc(NCC2CCN(S(=O)(=O)C(F)(F)F)CC2)c(Cl)c1. The summed E-state index contributed by atoms with van der Waals surface area (Å²) in [5.41, 5.74) is -4.97. The monoisotopic (exact) mass is 401 g/mol. The van der Waals surface area contributed by atoms with E-state index < -0.39 is 20.5 Å². The molecule has 1 fully saturated rings. The minimum atomic E-state index is -5.29. The van der Waals surface area contributed by atoms with Gasteiger partial charge in [-0.3, -0.25) is 10.1 Å². The molecule has 1 aliphatic rings. The van der Waals surface area contributed by atoms with Crippen LogP contribution >= 0.6 is 11.6 Å². The predicted molar refractivity (Wildman–Crippen MR) is 85.9 cm³/mol. The average molecular weight is 402 g/mol. The fourth-order valence-electron chi connectivity index (χ4n) is 2.52. The first-order chi connectivity index (χ1) is 11.5. The number of sulfonamides is 1. The van der Waals surface area contributed by atoms with Crippen molar-refractivity contribution < 1.29 is 26.5 Å². The van der Waals surface area contributed by atoms with Crippen molar-refractivity contribution in [2.45, 2.75) is 18.3 Å². The van der Waals surface area contributed by atoms with Gasteiger partial charge in [0, 0.05) is 31.8 Å². The van der Waals surface area contributed by atoms with Crippen LogP contribution in [0.4, 0.5) is 24.5 Å². The maximum atomic E-state index is 12.5. The summed E-state index contributed by atoms with van der Waals surface area (Å²) in [6.45, 7) is -0.0399. The summed E-state index contributed by atoms with van der Waals surface area (Å²) < 4.78 is 60.7. The van der Waals surface area contributed by atoms with E-state index in [0.29, 0.717) is 16.5 Å². The molecule has 1 aromatic carbocycles. The first-order valence-corrected chi connectivity index (χ1v) is 9.08. The number of halogens is 4. The van der Waals surface area contributed by atoms with Gasteiger partial charge in [-0.1, -0.05) is 11.6 Å². The number of anilines is 1. The van der Waals surface area contributed by atoms with Crippen molar-refractivity contribution >= 4 is 33.0 Å². The highest BCUT2D eigenvalue weighted by Crippen LogP contribution is 2.31. The van der Waals surface area contributed by atoms with Gasteiger partial charge in [0.05, 0.1) is 15.6 Å². The molecule has 0 bridgehead atoms. The van der Waals surface area contributed by atoms with Crippen molar-refractivity contribution in [3.8, 4) is 0 Å². The lowest BCUT2D eigenvalue weighted by Crippen LogP contribution is -2.45. The molecule has 1 heterocycles. The molecule has 2 rings (SSSR count). The number of nitrogens with one attached hydrogen (secondary N) is 1. The van der Waals surface area contributed by atoms with Crippen molar-refractivity contribution in [1.29, 1.82) is 0 Å². The van der Waals surface area contributed by atoms with Gasteiger partial charge in [-0.05, 0) is 24.8 Å². The molecule has 0 radical (unpaired) electrons. The number of nitro groups is 1. The fourth-order valence-corrected chi connectivity index (χ4v) is 3.74. The number of piperidine rings is 1. The Balaban J connectivity index is 1.90. The largest absolute Gasteiger partial charge is 0.511 e. The number of non-ortho nitro benzene ring substituents is 1. The third-order valence-corrected chi connectivity index (χ3v) is 5.89. The highest BCUT2D eigenvalue weighted by atomic mass is 35.5. The molecule has 0 amide bonds. The van der Waals surface area contributed by atoms with Gasteiger partial charge in [0.2, 0.25) is 0 Å². The molecule has 12 heteroatoms. The third kappa shape index (κ3) is 4.53. The van der Waals surface area contributed by atoms with Gasteiger partial charge in [-0.15, -0.1) is 0 Å². The van der Waals surface area contributed by atoms with Crippen molar-refractivity contribution in [2.75, 3.05) is 25.0 Å². The molecule has 1 N–H and O–H groups in total. The Labute approximate surface area is 147 Å². The van der Waals surface area contributed by atoms with Crippen LogP contribution in [0.15, 0.2) is 18.2 Å². The lowest BCUT2D eigenvalue weighted by Gasteiger charge is -2.31. The third-order valence-electron chi connectivity index (χ3n) is 3.95. The number of hydrogen-bond acceptors (Lipinski definition) is 5. The normalized spacial score (nSPS) is 17.4. The topological polar surface area (TPSA) is 92.6 Å². The molecule has 140 valence electrons. The second-order valence-corrected chi connectivity index (χ2v) is 7.93. The van der Waals surface area contributed by atoms with Crippen LogP contribution in [-0.4, -0.2) is 42.8 Å². The number of hydrogen-bond donors (Lipinski definition) is 1. The Morgan fingerprint density at radius 2 is 1.92 bits per heavy atom. The Kier molecular flexibility index (Phi) is 5.79. The predicted octanol–water partition coefficient (Wildman–Crippen LogP) is 3.22. The minimum Gasteiger partial charge on any atom is -0.384 e. The van der Waals surface area contributed by atoms with Crippen LogP contribution in [0, 0.1) is 16.0 Å². The number of rotatable bonds is 5. The number of alkyl halides is 3. The van der Waals surface area contributed by atoms with E-state index in [1.165, 1.54) is 18.2 Å². The van der Waals surface area contributed by atoms with E-state index in [1.807, 2.05) is 0 Å². The van der Waals surface area contributed by atoms with E-state index in [0.717, 1.165) is 0 Å². The lowest BCUT2D eigenvalue weighted by molar-refractivity contribution is -0.384. The van der Waals surface area contributed by atoms with Gasteiger partial charge in [0.15, 0.2) is 0 Å². The molecule has 0 saturated carbocycles. The Morgan fingerprint density at radius 1 is 1.32 bits per heavy atom. The van der Waals surface area contributed by atoms with Gasteiger partial charge in [0.25, 0.3) is 5.69 Å². The molecule has 1 saturated heterocycles. The summed E-state index contributed by atoms with van der Waals surface area (Å²) in [5, 5.41) is 13.8. The van der Waals surface area contributed by atoms with Crippen molar-refractivity contribution in [3.05, 3.63) is 33.3 Å². The van der Waals surface area contributed by atoms with Crippen LogP contribution in [0.3, 0.4) is 0 Å². The number of nitro benzene ring substituents is 1. The lowest BCUT2D eigenvalue weighted by atomic mass is 9.98. The van der Waals surface area contributed by atoms with Crippen LogP contribution in [0.2, 0.25) is 5.02 Å². The van der Waals surface area contributed by atoms with Gasteiger partial charge < -0.3 is 5.32 Å². The fraction of sp³-hybridized carbons (Fsp3) is 0.538. The molecule has 7 nitrogen and oxygen atoms in total. The quantitative estimate of drug-likeness (QED) is 0.604. The Morgan fingerprint density at radius 3 is 2.40 bits per heavy atom. The number of benzene rings is 1.